The minimum absolute atomic E-state index is 0.0210. The van der Waals surface area contributed by atoms with Crippen molar-refractivity contribution < 1.29 is 33.7 Å². The van der Waals surface area contributed by atoms with E-state index in [1.807, 2.05) is 0 Å². The van der Waals surface area contributed by atoms with Crippen molar-refractivity contribution >= 4 is 11.9 Å². The van der Waals surface area contributed by atoms with Crippen molar-refractivity contribution in [1.82, 2.24) is 20.3 Å². The lowest BCUT2D eigenvalue weighted by molar-refractivity contribution is -0.137. The van der Waals surface area contributed by atoms with Gasteiger partial charge in [0.15, 0.2) is 0 Å². The number of halogens is 2. The third-order valence-corrected chi connectivity index (χ3v) is 6.52. The molecule has 2 aromatic rings. The summed E-state index contributed by atoms with van der Waals surface area (Å²) in [6.07, 6.45) is 6.71. The first-order chi connectivity index (χ1) is 16.6. The number of rotatable bonds is 11. The lowest BCUT2D eigenvalue weighted by atomic mass is 9.84. The maximum atomic E-state index is 14.9. The highest BCUT2D eigenvalue weighted by Crippen LogP contribution is 2.29. The molecule has 1 heterocycles. The first kappa shape index (κ1) is 26.7. The molecule has 0 saturated heterocycles. The monoisotopic (exact) mass is 494 g/mol. The molecule has 0 unspecified atom stereocenters. The van der Waals surface area contributed by atoms with Gasteiger partial charge in [0.1, 0.15) is 17.3 Å². The van der Waals surface area contributed by atoms with Gasteiger partial charge in [-0.05, 0) is 24.5 Å². The molecule has 1 aromatic carbocycles. The Morgan fingerprint density at radius 2 is 1.86 bits per heavy atom. The van der Waals surface area contributed by atoms with Crippen molar-refractivity contribution in [3.8, 4) is 11.3 Å². The van der Waals surface area contributed by atoms with Gasteiger partial charge in [-0.1, -0.05) is 44.2 Å². The number of nitrogens with zero attached hydrogens (tertiary/aromatic N) is 3. The highest BCUT2D eigenvalue weighted by atomic mass is 19.1. The molecule has 35 heavy (non-hydrogen) atoms. The summed E-state index contributed by atoms with van der Waals surface area (Å²) in [7, 11) is 0. The van der Waals surface area contributed by atoms with Gasteiger partial charge in [0.25, 0.3) is 5.91 Å². The fourth-order valence-corrected chi connectivity index (χ4v) is 4.45. The predicted molar refractivity (Wildman–Crippen MR) is 122 cm³/mol. The van der Waals surface area contributed by atoms with Crippen LogP contribution in [0.3, 0.4) is 0 Å². The van der Waals surface area contributed by atoms with Crippen molar-refractivity contribution in [2.75, 3.05) is 13.2 Å². The van der Waals surface area contributed by atoms with Crippen LogP contribution >= 0.6 is 0 Å². The fourth-order valence-electron chi connectivity index (χ4n) is 4.45. The first-order valence-corrected chi connectivity index (χ1v) is 11.8. The maximum absolute atomic E-state index is 14.9. The summed E-state index contributed by atoms with van der Waals surface area (Å²) in [5.74, 6) is -3.53. The molecule has 1 amide bonds. The van der Waals surface area contributed by atoms with Crippen molar-refractivity contribution in [3.05, 3.63) is 35.5 Å². The van der Waals surface area contributed by atoms with Crippen molar-refractivity contribution in [2.24, 2.45) is 11.3 Å². The molecule has 3 rings (SSSR count). The van der Waals surface area contributed by atoms with Crippen molar-refractivity contribution in [3.63, 3.8) is 0 Å². The Morgan fingerprint density at radius 3 is 2.49 bits per heavy atom. The van der Waals surface area contributed by atoms with Crippen LogP contribution in [-0.4, -0.2) is 61.4 Å². The maximum Gasteiger partial charge on any atom is 0.305 e. The van der Waals surface area contributed by atoms with E-state index in [1.165, 1.54) is 10.9 Å². The SMILES string of the molecule is CC(CO)(CO)Cn1cc(-c2cc(F)c(C(=O)N[C@H](CC(=O)O)CC3CCCCC3)cc2F)nn1. The van der Waals surface area contributed by atoms with E-state index in [0.717, 1.165) is 44.2 Å². The average molecular weight is 495 g/mol. The van der Waals surface area contributed by atoms with E-state index < -0.39 is 40.5 Å². The Bertz CT molecular complexity index is 1030. The molecular weight excluding hydrogens is 462 g/mol. The van der Waals surface area contributed by atoms with Crippen LogP contribution in [0.15, 0.2) is 18.3 Å². The Balaban J connectivity index is 1.75. The van der Waals surface area contributed by atoms with Crippen LogP contribution in [0.4, 0.5) is 8.78 Å². The molecule has 4 N–H and O–H groups in total. The normalized spacial score (nSPS) is 15.7. The van der Waals surface area contributed by atoms with Crippen LogP contribution in [0.1, 0.15) is 62.2 Å². The van der Waals surface area contributed by atoms with Crippen LogP contribution in [0, 0.1) is 23.0 Å². The second kappa shape index (κ2) is 11.7. The molecule has 0 aliphatic heterocycles. The van der Waals surface area contributed by atoms with Gasteiger partial charge in [-0.15, -0.1) is 5.10 Å². The number of nitrogens with one attached hydrogen (secondary N) is 1. The minimum Gasteiger partial charge on any atom is -0.481 e. The third kappa shape index (κ3) is 7.04. The number of carbonyl (C=O) groups excluding carboxylic acids is 1. The van der Waals surface area contributed by atoms with E-state index in [4.69, 9.17) is 0 Å². The van der Waals surface area contributed by atoms with Crippen molar-refractivity contribution in [2.45, 2.75) is 64.5 Å². The minimum atomic E-state index is -1.07. The molecule has 9 nitrogen and oxygen atoms in total. The predicted octanol–water partition coefficient (Wildman–Crippen LogP) is 2.76. The summed E-state index contributed by atoms with van der Waals surface area (Å²) < 4.78 is 31.0. The average Bonchev–Trinajstić information content (AvgIpc) is 3.28. The van der Waals surface area contributed by atoms with Gasteiger partial charge in [0, 0.05) is 17.0 Å². The second-order valence-corrected chi connectivity index (χ2v) is 9.75. The smallest absolute Gasteiger partial charge is 0.305 e. The number of benzene rings is 1. The molecule has 1 aromatic heterocycles. The van der Waals surface area contributed by atoms with Crippen LogP contribution < -0.4 is 5.32 Å². The van der Waals surface area contributed by atoms with E-state index in [9.17, 15) is 33.7 Å². The van der Waals surface area contributed by atoms with Crippen LogP contribution in [0.25, 0.3) is 11.3 Å². The first-order valence-electron chi connectivity index (χ1n) is 11.8. The Hall–Kier alpha value is -2.92. The van der Waals surface area contributed by atoms with Crippen molar-refractivity contribution in [1.29, 1.82) is 0 Å². The van der Waals surface area contributed by atoms with Crippen LogP contribution in [-0.2, 0) is 11.3 Å². The number of aliphatic carboxylic acids is 1. The number of amides is 1. The summed E-state index contributed by atoms with van der Waals surface area (Å²) in [4.78, 5) is 24.0. The molecule has 0 radical (unpaired) electrons. The molecule has 1 saturated carbocycles. The number of carboxylic acid groups (broad SMARTS) is 1. The number of aromatic nitrogens is 3. The zero-order chi connectivity index (χ0) is 25.6. The number of carboxylic acids is 1. The summed E-state index contributed by atoms with van der Waals surface area (Å²) in [6, 6.07) is 0.934. The molecule has 11 heteroatoms. The molecule has 192 valence electrons. The van der Waals surface area contributed by atoms with E-state index in [1.54, 1.807) is 6.92 Å². The molecule has 0 bridgehead atoms. The topological polar surface area (TPSA) is 138 Å². The highest BCUT2D eigenvalue weighted by molar-refractivity contribution is 5.95. The molecular formula is C24H32F2N4O5. The molecule has 0 spiro atoms. The summed E-state index contributed by atoms with van der Waals surface area (Å²) >= 11 is 0. The lowest BCUT2D eigenvalue weighted by Gasteiger charge is -2.26. The van der Waals surface area contributed by atoms with Gasteiger partial charge >= 0.3 is 5.97 Å². The largest absolute Gasteiger partial charge is 0.481 e. The van der Waals surface area contributed by atoms with Gasteiger partial charge in [0.05, 0.1) is 37.9 Å². The van der Waals surface area contributed by atoms with E-state index >= 15 is 0 Å². The van der Waals surface area contributed by atoms with Crippen LogP contribution in [0.2, 0.25) is 0 Å². The highest BCUT2D eigenvalue weighted by Gasteiger charge is 2.27. The number of carbonyl (C=O) groups is 2. The number of aliphatic hydroxyl groups excluding tert-OH is 2. The molecule has 1 fully saturated rings. The third-order valence-electron chi connectivity index (χ3n) is 6.52. The van der Waals surface area contributed by atoms with E-state index in [-0.39, 0.29) is 37.4 Å². The Morgan fingerprint density at radius 1 is 1.17 bits per heavy atom. The standard InChI is InChI=1S/C24H32F2N4O5/c1-24(13-31,14-32)12-30-11-21(28-29-30)17-9-20(26)18(10-19(17)25)23(35)27-16(8-22(33)34)7-15-5-3-2-4-6-15/h9-11,15-16,31-32H,2-8,12-14H2,1H3,(H,27,35)(H,33,34)/t16-/m0/s1. The summed E-state index contributed by atoms with van der Waals surface area (Å²) in [5, 5.41) is 38.4. The van der Waals surface area contributed by atoms with E-state index in [2.05, 4.69) is 15.6 Å². The molecule has 1 aliphatic rings. The quantitative estimate of drug-likeness (QED) is 0.377. The van der Waals surface area contributed by atoms with Crippen LogP contribution in [0.5, 0.6) is 0 Å². The number of hydrogen-bond donors (Lipinski definition) is 4. The number of aliphatic hydroxyl groups is 2. The Kier molecular flexibility index (Phi) is 8.90. The number of hydrogen-bond acceptors (Lipinski definition) is 6. The van der Waals surface area contributed by atoms with Gasteiger partial charge < -0.3 is 20.6 Å². The van der Waals surface area contributed by atoms with E-state index in [0.29, 0.717) is 12.3 Å². The molecule has 1 atom stereocenters. The Labute approximate surface area is 202 Å². The van der Waals surface area contributed by atoms with Gasteiger partial charge in [-0.25, -0.2) is 8.78 Å². The van der Waals surface area contributed by atoms with Gasteiger partial charge in [-0.3, -0.25) is 14.3 Å². The zero-order valence-corrected chi connectivity index (χ0v) is 19.7. The molecule has 1 aliphatic carbocycles. The zero-order valence-electron chi connectivity index (χ0n) is 19.7. The van der Waals surface area contributed by atoms with Gasteiger partial charge in [-0.2, -0.15) is 0 Å². The van der Waals surface area contributed by atoms with Gasteiger partial charge in [0.2, 0.25) is 0 Å². The fraction of sp³-hybridized carbons (Fsp3) is 0.583. The second-order valence-electron chi connectivity index (χ2n) is 9.75. The summed E-state index contributed by atoms with van der Waals surface area (Å²) in [5.41, 5.74) is -1.58. The lowest BCUT2D eigenvalue weighted by Crippen LogP contribution is -2.38. The summed E-state index contributed by atoms with van der Waals surface area (Å²) in [6.45, 7) is 1.11.